The molecule has 0 aliphatic carbocycles. The van der Waals surface area contributed by atoms with Gasteiger partial charge in [-0.1, -0.05) is 20.8 Å². The van der Waals surface area contributed by atoms with E-state index in [0.29, 0.717) is 18.1 Å². The number of nitrogens with one attached hydrogen (secondary N) is 1. The number of rotatable bonds is 4. The van der Waals surface area contributed by atoms with Crippen LogP contribution in [-0.2, 0) is 7.05 Å². The summed E-state index contributed by atoms with van der Waals surface area (Å²) >= 11 is 0. The Hall–Kier alpha value is -1.23. The van der Waals surface area contributed by atoms with E-state index in [4.69, 9.17) is 5.73 Å². The SMILES string of the molecule is Cn1cc(N)c(NCC(O)CC(C)(C)C)n1. The summed E-state index contributed by atoms with van der Waals surface area (Å²) in [7, 11) is 1.81. The van der Waals surface area contributed by atoms with Gasteiger partial charge in [-0.2, -0.15) is 5.10 Å². The minimum Gasteiger partial charge on any atom is -0.394 e. The lowest BCUT2D eigenvalue weighted by Gasteiger charge is -2.22. The van der Waals surface area contributed by atoms with E-state index in [1.54, 1.807) is 10.9 Å². The van der Waals surface area contributed by atoms with Crippen molar-refractivity contribution in [2.24, 2.45) is 12.5 Å². The summed E-state index contributed by atoms with van der Waals surface area (Å²) in [4.78, 5) is 0. The van der Waals surface area contributed by atoms with Gasteiger partial charge in [0.25, 0.3) is 0 Å². The molecule has 0 saturated carbocycles. The molecule has 0 aliphatic rings. The van der Waals surface area contributed by atoms with Crippen molar-refractivity contribution in [3.05, 3.63) is 6.20 Å². The summed E-state index contributed by atoms with van der Waals surface area (Å²) in [5, 5.41) is 17.0. The lowest BCUT2D eigenvalue weighted by atomic mass is 9.89. The second kappa shape index (κ2) is 4.74. The van der Waals surface area contributed by atoms with Crippen molar-refractivity contribution in [2.45, 2.75) is 33.3 Å². The summed E-state index contributed by atoms with van der Waals surface area (Å²) in [5.41, 5.74) is 6.45. The number of aromatic nitrogens is 2. The molecule has 0 amide bonds. The van der Waals surface area contributed by atoms with Crippen molar-refractivity contribution in [1.29, 1.82) is 0 Å². The van der Waals surface area contributed by atoms with Crippen LogP contribution in [0, 0.1) is 5.41 Å². The Balaban J connectivity index is 2.43. The van der Waals surface area contributed by atoms with Gasteiger partial charge in [0.2, 0.25) is 0 Å². The van der Waals surface area contributed by atoms with E-state index in [-0.39, 0.29) is 11.5 Å². The van der Waals surface area contributed by atoms with Crippen molar-refractivity contribution >= 4 is 11.5 Å². The molecule has 0 aliphatic heterocycles. The van der Waals surface area contributed by atoms with Gasteiger partial charge < -0.3 is 16.2 Å². The Morgan fingerprint density at radius 3 is 2.62 bits per heavy atom. The van der Waals surface area contributed by atoms with Gasteiger partial charge in [-0.15, -0.1) is 0 Å². The zero-order valence-corrected chi connectivity index (χ0v) is 10.5. The Labute approximate surface area is 96.6 Å². The zero-order valence-electron chi connectivity index (χ0n) is 10.5. The van der Waals surface area contributed by atoms with Gasteiger partial charge in [0.15, 0.2) is 5.82 Å². The highest BCUT2D eigenvalue weighted by Crippen LogP contribution is 2.21. The normalized spacial score (nSPS) is 13.8. The summed E-state index contributed by atoms with van der Waals surface area (Å²) in [6.07, 6.45) is 2.09. The maximum atomic E-state index is 9.81. The molecule has 0 bridgehead atoms. The van der Waals surface area contributed by atoms with E-state index in [1.165, 1.54) is 0 Å². The molecule has 0 saturated heterocycles. The first-order chi connectivity index (χ1) is 7.28. The second-order valence-corrected chi connectivity index (χ2v) is 5.41. The van der Waals surface area contributed by atoms with Crippen molar-refractivity contribution < 1.29 is 5.11 Å². The lowest BCUT2D eigenvalue weighted by molar-refractivity contribution is 0.132. The summed E-state index contributed by atoms with van der Waals surface area (Å²) in [5.74, 6) is 0.635. The molecule has 1 aromatic rings. The van der Waals surface area contributed by atoms with Crippen LogP contribution in [0.2, 0.25) is 0 Å². The molecule has 1 rings (SSSR count). The van der Waals surface area contributed by atoms with Crippen molar-refractivity contribution in [1.82, 2.24) is 9.78 Å². The number of nitrogens with two attached hydrogens (primary N) is 1. The number of anilines is 2. The van der Waals surface area contributed by atoms with Crippen molar-refractivity contribution in [3.63, 3.8) is 0 Å². The third-order valence-corrected chi connectivity index (χ3v) is 2.21. The fraction of sp³-hybridized carbons (Fsp3) is 0.727. The van der Waals surface area contributed by atoms with Crippen molar-refractivity contribution in [2.75, 3.05) is 17.6 Å². The smallest absolute Gasteiger partial charge is 0.171 e. The van der Waals surface area contributed by atoms with E-state index in [9.17, 15) is 5.11 Å². The molecular formula is C11H22N4O. The number of nitrogen functional groups attached to an aromatic ring is 1. The Bertz CT molecular complexity index is 340. The van der Waals surface area contributed by atoms with Gasteiger partial charge in [-0.25, -0.2) is 0 Å². The fourth-order valence-corrected chi connectivity index (χ4v) is 1.64. The van der Waals surface area contributed by atoms with Gasteiger partial charge in [-0.3, -0.25) is 4.68 Å². The number of nitrogens with zero attached hydrogens (tertiary/aromatic N) is 2. The van der Waals surface area contributed by atoms with Crippen LogP contribution in [0.15, 0.2) is 6.20 Å². The molecule has 1 aromatic heterocycles. The fourth-order valence-electron chi connectivity index (χ4n) is 1.64. The molecule has 1 heterocycles. The molecule has 92 valence electrons. The quantitative estimate of drug-likeness (QED) is 0.721. The standard InChI is InChI=1S/C11H22N4O/c1-11(2,3)5-8(16)6-13-10-9(12)7-15(4)14-10/h7-8,16H,5-6,12H2,1-4H3,(H,13,14). The summed E-state index contributed by atoms with van der Waals surface area (Å²) in [6, 6.07) is 0. The first kappa shape index (κ1) is 12.8. The average Bonchev–Trinajstić information content (AvgIpc) is 2.38. The molecule has 0 aromatic carbocycles. The Kier molecular flexibility index (Phi) is 3.80. The molecule has 1 unspecified atom stereocenters. The first-order valence-electron chi connectivity index (χ1n) is 5.49. The Morgan fingerprint density at radius 1 is 1.56 bits per heavy atom. The number of hydrogen-bond acceptors (Lipinski definition) is 4. The van der Waals surface area contributed by atoms with Crippen LogP contribution < -0.4 is 11.1 Å². The molecule has 0 spiro atoms. The van der Waals surface area contributed by atoms with E-state index in [2.05, 4.69) is 31.2 Å². The van der Waals surface area contributed by atoms with E-state index in [0.717, 1.165) is 6.42 Å². The van der Waals surface area contributed by atoms with Crippen LogP contribution in [0.5, 0.6) is 0 Å². The second-order valence-electron chi connectivity index (χ2n) is 5.41. The van der Waals surface area contributed by atoms with Crippen LogP contribution in [0.3, 0.4) is 0 Å². The highest BCUT2D eigenvalue weighted by molar-refractivity contribution is 5.59. The molecule has 0 fully saturated rings. The Morgan fingerprint density at radius 2 is 2.19 bits per heavy atom. The molecule has 5 nitrogen and oxygen atoms in total. The largest absolute Gasteiger partial charge is 0.394 e. The summed E-state index contributed by atoms with van der Waals surface area (Å²) in [6.45, 7) is 6.78. The van der Waals surface area contributed by atoms with Crippen LogP contribution in [0.4, 0.5) is 11.5 Å². The number of aryl methyl sites for hydroxylation is 1. The predicted molar refractivity (Wildman–Crippen MR) is 66.2 cm³/mol. The molecule has 4 N–H and O–H groups in total. The third-order valence-electron chi connectivity index (χ3n) is 2.21. The van der Waals surface area contributed by atoms with Crippen LogP contribution in [0.1, 0.15) is 27.2 Å². The molecule has 0 radical (unpaired) electrons. The lowest BCUT2D eigenvalue weighted by Crippen LogP contribution is -2.25. The minimum atomic E-state index is -0.388. The van der Waals surface area contributed by atoms with E-state index < -0.39 is 0 Å². The average molecular weight is 226 g/mol. The van der Waals surface area contributed by atoms with Crippen LogP contribution >= 0.6 is 0 Å². The van der Waals surface area contributed by atoms with E-state index in [1.807, 2.05) is 7.05 Å². The number of hydrogen-bond donors (Lipinski definition) is 3. The molecule has 5 heteroatoms. The predicted octanol–water partition coefficient (Wildman–Crippen LogP) is 1.21. The number of aliphatic hydroxyl groups is 1. The monoisotopic (exact) mass is 226 g/mol. The van der Waals surface area contributed by atoms with Crippen LogP contribution in [0.25, 0.3) is 0 Å². The van der Waals surface area contributed by atoms with E-state index >= 15 is 0 Å². The highest BCUT2D eigenvalue weighted by Gasteiger charge is 2.17. The molecular weight excluding hydrogens is 204 g/mol. The van der Waals surface area contributed by atoms with Crippen molar-refractivity contribution in [3.8, 4) is 0 Å². The maximum absolute atomic E-state index is 9.81. The van der Waals surface area contributed by atoms with Gasteiger partial charge in [0.1, 0.15) is 0 Å². The highest BCUT2D eigenvalue weighted by atomic mass is 16.3. The van der Waals surface area contributed by atoms with Gasteiger partial charge in [0.05, 0.1) is 11.8 Å². The topological polar surface area (TPSA) is 76.1 Å². The van der Waals surface area contributed by atoms with Crippen LogP contribution in [-0.4, -0.2) is 27.5 Å². The summed E-state index contributed by atoms with van der Waals surface area (Å²) < 4.78 is 1.65. The maximum Gasteiger partial charge on any atom is 0.171 e. The molecule has 16 heavy (non-hydrogen) atoms. The third kappa shape index (κ3) is 4.10. The van der Waals surface area contributed by atoms with Gasteiger partial charge in [-0.05, 0) is 11.8 Å². The number of aliphatic hydroxyl groups excluding tert-OH is 1. The van der Waals surface area contributed by atoms with Gasteiger partial charge in [0, 0.05) is 19.8 Å². The molecule has 1 atom stereocenters. The zero-order chi connectivity index (χ0) is 12.3. The van der Waals surface area contributed by atoms with Gasteiger partial charge >= 0.3 is 0 Å². The minimum absolute atomic E-state index is 0.122. The first-order valence-corrected chi connectivity index (χ1v) is 5.49.